The molecule has 1 atom stereocenters. The molecule has 4 aromatic rings. The highest BCUT2D eigenvalue weighted by Gasteiger charge is 2.35. The van der Waals surface area contributed by atoms with E-state index >= 15 is 0 Å². The molecule has 0 unspecified atom stereocenters. The Labute approximate surface area is 212 Å². The standard InChI is InChI=1S/C26H25N5O2S2/c1-16-8-4-5-11-20(16)28-24(32)22-17(2)27-25-29-26(30-31(25)23(22)21-12-7-13-34-21)35-15-18-9-6-10-19(14-18)33-3/h4-14,23H,15H2,1-3H3,(H,28,32)(H,27,29,30)/t23-/m1/s1. The number of ether oxygens (including phenoxy) is 1. The Hall–Kier alpha value is -3.56. The Morgan fingerprint density at radius 1 is 1.17 bits per heavy atom. The fourth-order valence-electron chi connectivity index (χ4n) is 4.01. The van der Waals surface area contributed by atoms with Crippen LogP contribution >= 0.6 is 23.1 Å². The van der Waals surface area contributed by atoms with Gasteiger partial charge >= 0.3 is 0 Å². The van der Waals surface area contributed by atoms with Gasteiger partial charge in [-0.25, -0.2) is 4.68 Å². The number of thioether (sulfide) groups is 1. The van der Waals surface area contributed by atoms with Crippen molar-refractivity contribution in [3.8, 4) is 5.75 Å². The van der Waals surface area contributed by atoms with E-state index in [0.717, 1.165) is 33.1 Å². The van der Waals surface area contributed by atoms with Gasteiger partial charge in [0.05, 0.1) is 12.7 Å². The number of fused-ring (bicyclic) bond motifs is 1. The Bertz CT molecular complexity index is 1390. The first-order chi connectivity index (χ1) is 17.0. The summed E-state index contributed by atoms with van der Waals surface area (Å²) < 4.78 is 7.15. The fourth-order valence-corrected chi connectivity index (χ4v) is 5.60. The Balaban J connectivity index is 1.44. The van der Waals surface area contributed by atoms with Gasteiger partial charge in [0, 0.05) is 22.0 Å². The number of nitrogens with one attached hydrogen (secondary N) is 2. The van der Waals surface area contributed by atoms with Gasteiger partial charge < -0.3 is 15.4 Å². The summed E-state index contributed by atoms with van der Waals surface area (Å²) in [5.41, 5.74) is 4.31. The number of benzene rings is 2. The molecule has 0 fully saturated rings. The van der Waals surface area contributed by atoms with E-state index in [-0.39, 0.29) is 11.9 Å². The van der Waals surface area contributed by atoms with Crippen molar-refractivity contribution in [1.29, 1.82) is 0 Å². The van der Waals surface area contributed by atoms with Crippen molar-refractivity contribution in [3.05, 3.63) is 93.3 Å². The van der Waals surface area contributed by atoms with Gasteiger partial charge in [0.2, 0.25) is 11.1 Å². The third-order valence-electron chi connectivity index (χ3n) is 5.79. The van der Waals surface area contributed by atoms with E-state index in [9.17, 15) is 4.79 Å². The number of rotatable bonds is 7. The first-order valence-electron chi connectivity index (χ1n) is 11.1. The van der Waals surface area contributed by atoms with E-state index < -0.39 is 0 Å². The van der Waals surface area contributed by atoms with E-state index in [2.05, 4.69) is 16.7 Å². The van der Waals surface area contributed by atoms with Gasteiger partial charge in [0.15, 0.2) is 0 Å². The maximum Gasteiger partial charge on any atom is 0.255 e. The zero-order valence-corrected chi connectivity index (χ0v) is 21.2. The second kappa shape index (κ2) is 9.97. The smallest absolute Gasteiger partial charge is 0.255 e. The van der Waals surface area contributed by atoms with Crippen LogP contribution < -0.4 is 15.4 Å². The lowest BCUT2D eigenvalue weighted by Gasteiger charge is -2.27. The minimum atomic E-state index is -0.367. The molecule has 0 radical (unpaired) electrons. The molecule has 7 nitrogen and oxygen atoms in total. The van der Waals surface area contributed by atoms with E-state index in [1.165, 1.54) is 0 Å². The summed E-state index contributed by atoms with van der Waals surface area (Å²) in [6.45, 7) is 3.89. The lowest BCUT2D eigenvalue weighted by molar-refractivity contribution is -0.113. The lowest BCUT2D eigenvalue weighted by atomic mass is 10.0. The largest absolute Gasteiger partial charge is 0.497 e. The number of hydrogen-bond acceptors (Lipinski definition) is 7. The van der Waals surface area contributed by atoms with E-state index in [1.807, 2.05) is 78.5 Å². The number of carbonyl (C=O) groups excluding carboxylic acids is 1. The number of methoxy groups -OCH3 is 1. The van der Waals surface area contributed by atoms with Gasteiger partial charge in [-0.15, -0.1) is 16.4 Å². The van der Waals surface area contributed by atoms with E-state index in [1.54, 1.807) is 30.2 Å². The Morgan fingerprint density at radius 2 is 2.03 bits per heavy atom. The summed E-state index contributed by atoms with van der Waals surface area (Å²) in [5, 5.41) is 13.8. The van der Waals surface area contributed by atoms with Crippen molar-refractivity contribution in [2.45, 2.75) is 30.8 Å². The molecular weight excluding hydrogens is 478 g/mol. The normalized spacial score (nSPS) is 14.9. The van der Waals surface area contributed by atoms with Gasteiger partial charge in [0.1, 0.15) is 11.8 Å². The molecule has 5 rings (SSSR count). The van der Waals surface area contributed by atoms with Crippen molar-refractivity contribution >= 4 is 40.6 Å². The van der Waals surface area contributed by atoms with Crippen LogP contribution in [-0.2, 0) is 10.5 Å². The fraction of sp³-hybridized carbons (Fsp3) is 0.192. The summed E-state index contributed by atoms with van der Waals surface area (Å²) in [6.07, 6.45) is 0. The maximum atomic E-state index is 13.5. The van der Waals surface area contributed by atoms with Crippen LogP contribution in [0.4, 0.5) is 11.6 Å². The third-order valence-corrected chi connectivity index (χ3v) is 7.62. The average molecular weight is 504 g/mol. The molecule has 2 aromatic heterocycles. The highest BCUT2D eigenvalue weighted by Crippen LogP contribution is 2.38. The second-order valence-corrected chi connectivity index (χ2v) is 10.1. The van der Waals surface area contributed by atoms with Gasteiger partial charge in [-0.3, -0.25) is 4.79 Å². The molecule has 0 spiro atoms. The minimum Gasteiger partial charge on any atom is -0.497 e. The van der Waals surface area contributed by atoms with E-state index in [0.29, 0.717) is 22.4 Å². The van der Waals surface area contributed by atoms with Gasteiger partial charge in [0.25, 0.3) is 5.91 Å². The first-order valence-corrected chi connectivity index (χ1v) is 13.0. The lowest BCUT2D eigenvalue weighted by Crippen LogP contribution is -2.31. The molecule has 1 aliphatic rings. The van der Waals surface area contributed by atoms with Crippen LogP contribution in [-0.4, -0.2) is 27.8 Å². The summed E-state index contributed by atoms with van der Waals surface area (Å²) in [6, 6.07) is 19.4. The monoisotopic (exact) mass is 503 g/mol. The number of hydrogen-bond donors (Lipinski definition) is 2. The topological polar surface area (TPSA) is 81.1 Å². The van der Waals surface area contributed by atoms with E-state index in [4.69, 9.17) is 14.8 Å². The predicted octanol–water partition coefficient (Wildman–Crippen LogP) is 5.88. The van der Waals surface area contributed by atoms with Gasteiger partial charge in [-0.05, 0) is 54.6 Å². The summed E-state index contributed by atoms with van der Waals surface area (Å²) in [5.74, 6) is 2.00. The van der Waals surface area contributed by atoms with Crippen LogP contribution in [0.5, 0.6) is 5.75 Å². The molecule has 9 heteroatoms. The Kier molecular flexibility index (Phi) is 6.61. The van der Waals surface area contributed by atoms with Gasteiger partial charge in [-0.2, -0.15) is 4.98 Å². The highest BCUT2D eigenvalue weighted by molar-refractivity contribution is 7.98. The second-order valence-electron chi connectivity index (χ2n) is 8.15. The summed E-state index contributed by atoms with van der Waals surface area (Å²) in [4.78, 5) is 19.3. The molecule has 178 valence electrons. The van der Waals surface area contributed by atoms with Crippen molar-refractivity contribution < 1.29 is 9.53 Å². The van der Waals surface area contributed by atoms with Crippen LogP contribution in [0.1, 0.15) is 29.0 Å². The Morgan fingerprint density at radius 3 is 2.80 bits per heavy atom. The highest BCUT2D eigenvalue weighted by atomic mass is 32.2. The number of nitrogens with zero attached hydrogens (tertiary/aromatic N) is 3. The molecule has 35 heavy (non-hydrogen) atoms. The van der Waals surface area contributed by atoms with Crippen molar-refractivity contribution in [3.63, 3.8) is 0 Å². The number of aryl methyl sites for hydroxylation is 1. The van der Waals surface area contributed by atoms with Crippen LogP contribution in [0.3, 0.4) is 0 Å². The van der Waals surface area contributed by atoms with Crippen LogP contribution in [0, 0.1) is 6.92 Å². The molecule has 2 N–H and O–H groups in total. The first kappa shape index (κ1) is 23.2. The molecular formula is C26H25N5O2S2. The molecule has 1 aliphatic heterocycles. The number of aromatic nitrogens is 3. The number of anilines is 2. The summed E-state index contributed by atoms with van der Waals surface area (Å²) in [7, 11) is 1.66. The molecule has 3 heterocycles. The van der Waals surface area contributed by atoms with Gasteiger partial charge in [-0.1, -0.05) is 48.2 Å². The molecule has 1 amide bonds. The van der Waals surface area contributed by atoms with Crippen LogP contribution in [0.25, 0.3) is 0 Å². The summed E-state index contributed by atoms with van der Waals surface area (Å²) >= 11 is 3.14. The minimum absolute atomic E-state index is 0.158. The SMILES string of the molecule is COc1cccc(CSc2nc3n(n2)[C@H](c2cccs2)C(C(=O)Nc2ccccc2C)=C(C)N3)c1. The number of allylic oxidation sites excluding steroid dienone is 1. The predicted molar refractivity (Wildman–Crippen MR) is 141 cm³/mol. The van der Waals surface area contributed by atoms with Crippen molar-refractivity contribution in [2.24, 2.45) is 0 Å². The number of para-hydroxylation sites is 1. The zero-order chi connectivity index (χ0) is 24.4. The molecule has 0 saturated heterocycles. The molecule has 0 saturated carbocycles. The zero-order valence-electron chi connectivity index (χ0n) is 19.6. The molecule has 0 bridgehead atoms. The van der Waals surface area contributed by atoms with Crippen molar-refractivity contribution in [1.82, 2.24) is 14.8 Å². The maximum absolute atomic E-state index is 13.5. The van der Waals surface area contributed by atoms with Crippen molar-refractivity contribution in [2.75, 3.05) is 17.7 Å². The average Bonchev–Trinajstić information content (AvgIpc) is 3.53. The number of thiophene rings is 1. The number of carbonyl (C=O) groups is 1. The number of amides is 1. The van der Waals surface area contributed by atoms with Crippen LogP contribution in [0.15, 0.2) is 82.5 Å². The quantitative estimate of drug-likeness (QED) is 0.307. The molecule has 0 aliphatic carbocycles. The third kappa shape index (κ3) is 4.82. The van der Waals surface area contributed by atoms with Crippen LogP contribution in [0.2, 0.25) is 0 Å². The molecule has 2 aromatic carbocycles.